The third-order valence-electron chi connectivity index (χ3n) is 2.82. The Morgan fingerprint density at radius 1 is 1.26 bits per heavy atom. The highest BCUT2D eigenvalue weighted by atomic mass is 35.5. The Bertz CT molecular complexity index is 810. The van der Waals surface area contributed by atoms with Crippen molar-refractivity contribution in [2.75, 3.05) is 6.54 Å². The van der Waals surface area contributed by atoms with Gasteiger partial charge >= 0.3 is 0 Å². The predicted molar refractivity (Wildman–Crippen MR) is 83.7 cm³/mol. The highest BCUT2D eigenvalue weighted by Crippen LogP contribution is 2.24. The van der Waals surface area contributed by atoms with Crippen molar-refractivity contribution in [1.29, 1.82) is 0 Å². The summed E-state index contributed by atoms with van der Waals surface area (Å²) in [5.74, 6) is 4.61. The van der Waals surface area contributed by atoms with Gasteiger partial charge in [-0.15, -0.1) is 0 Å². The van der Waals surface area contributed by atoms with Gasteiger partial charge in [0, 0.05) is 17.2 Å². The van der Waals surface area contributed by atoms with Crippen molar-refractivity contribution in [3.63, 3.8) is 0 Å². The molecule has 2 aromatic rings. The van der Waals surface area contributed by atoms with Gasteiger partial charge < -0.3 is 5.32 Å². The zero-order chi connectivity index (χ0) is 16.8. The number of nitrogens with one attached hydrogen (secondary N) is 1. The van der Waals surface area contributed by atoms with Gasteiger partial charge in [0.05, 0.1) is 11.5 Å². The maximum Gasteiger partial charge on any atom is 0.288 e. The molecule has 23 heavy (non-hydrogen) atoms. The van der Waals surface area contributed by atoms with Gasteiger partial charge in [-0.25, -0.2) is 4.39 Å². The number of hydrogen-bond acceptors (Lipinski definition) is 3. The number of amides is 1. The van der Waals surface area contributed by atoms with Crippen LogP contribution in [0.2, 0.25) is 5.02 Å². The maximum absolute atomic E-state index is 12.7. The summed E-state index contributed by atoms with van der Waals surface area (Å²) in [6.07, 6.45) is 0. The second kappa shape index (κ2) is 7.38. The number of hydrogen-bond donors (Lipinski definition) is 1. The molecule has 0 saturated carbocycles. The third-order valence-corrected chi connectivity index (χ3v) is 3.14. The molecule has 0 unspecified atom stereocenters. The lowest BCUT2D eigenvalue weighted by Gasteiger charge is -2.02. The van der Waals surface area contributed by atoms with Gasteiger partial charge in [-0.1, -0.05) is 23.4 Å². The molecule has 5 nitrogen and oxygen atoms in total. The maximum atomic E-state index is 12.7. The van der Waals surface area contributed by atoms with Crippen molar-refractivity contribution in [2.45, 2.75) is 0 Å². The molecule has 0 radical (unpaired) electrons. The van der Waals surface area contributed by atoms with E-state index in [9.17, 15) is 19.3 Å². The van der Waals surface area contributed by atoms with E-state index in [1.54, 1.807) is 0 Å². The number of nitro benzene ring substituents is 1. The SMILES string of the molecule is O=C(NCC#Cc1ccc(F)cc1)c1ccc(Cl)c([N+](=O)[O-])c1. The Morgan fingerprint density at radius 2 is 1.96 bits per heavy atom. The molecule has 0 aromatic heterocycles. The summed E-state index contributed by atoms with van der Waals surface area (Å²) in [5.41, 5.74) is 0.393. The van der Waals surface area contributed by atoms with Gasteiger partial charge in [0.2, 0.25) is 0 Å². The molecule has 1 amide bonds. The van der Waals surface area contributed by atoms with Crippen molar-refractivity contribution in [2.24, 2.45) is 0 Å². The molecule has 7 heteroatoms. The van der Waals surface area contributed by atoms with Crippen LogP contribution in [-0.2, 0) is 0 Å². The fourth-order valence-corrected chi connectivity index (χ4v) is 1.89. The Morgan fingerprint density at radius 3 is 2.61 bits per heavy atom. The van der Waals surface area contributed by atoms with Crippen LogP contribution in [0.4, 0.5) is 10.1 Å². The van der Waals surface area contributed by atoms with Gasteiger partial charge in [-0.2, -0.15) is 0 Å². The van der Waals surface area contributed by atoms with Crippen molar-refractivity contribution in [3.05, 3.63) is 74.5 Å². The van der Waals surface area contributed by atoms with Gasteiger partial charge in [0.15, 0.2) is 0 Å². The average molecular weight is 333 g/mol. The summed E-state index contributed by atoms with van der Waals surface area (Å²) in [6, 6.07) is 9.40. The molecule has 0 bridgehead atoms. The molecule has 116 valence electrons. The van der Waals surface area contributed by atoms with Crippen molar-refractivity contribution >= 4 is 23.2 Å². The zero-order valence-corrected chi connectivity index (χ0v) is 12.4. The normalized spacial score (nSPS) is 9.65. The molecule has 0 aliphatic rings. The molecule has 0 aliphatic carbocycles. The topological polar surface area (TPSA) is 72.2 Å². The lowest BCUT2D eigenvalue weighted by atomic mass is 10.2. The first-order valence-corrected chi connectivity index (χ1v) is 6.82. The summed E-state index contributed by atoms with van der Waals surface area (Å²) in [6.45, 7) is 0.0482. The van der Waals surface area contributed by atoms with E-state index in [0.717, 1.165) is 6.07 Å². The number of halogens is 2. The Hall–Kier alpha value is -2.91. The Labute approximate surface area is 136 Å². The van der Waals surface area contributed by atoms with E-state index in [0.29, 0.717) is 5.56 Å². The van der Waals surface area contributed by atoms with E-state index >= 15 is 0 Å². The average Bonchev–Trinajstić information content (AvgIpc) is 2.53. The highest BCUT2D eigenvalue weighted by molar-refractivity contribution is 6.32. The van der Waals surface area contributed by atoms with Gasteiger partial charge in [0.25, 0.3) is 11.6 Å². The molecule has 0 spiro atoms. The minimum atomic E-state index is -0.659. The predicted octanol–water partition coefficient (Wildman–Crippen LogP) is 3.17. The number of carbonyl (C=O) groups is 1. The summed E-state index contributed by atoms with van der Waals surface area (Å²) in [4.78, 5) is 22.0. The summed E-state index contributed by atoms with van der Waals surface area (Å²) >= 11 is 5.68. The van der Waals surface area contributed by atoms with Crippen LogP contribution in [0.5, 0.6) is 0 Å². The van der Waals surface area contributed by atoms with Crippen LogP contribution < -0.4 is 5.32 Å². The summed E-state index contributed by atoms with van der Waals surface area (Å²) in [7, 11) is 0. The molecular weight excluding hydrogens is 323 g/mol. The summed E-state index contributed by atoms with van der Waals surface area (Å²) in [5, 5.41) is 13.3. The van der Waals surface area contributed by atoms with Gasteiger partial charge in [-0.05, 0) is 36.4 Å². The second-order valence-corrected chi connectivity index (χ2v) is 4.82. The quantitative estimate of drug-likeness (QED) is 0.533. The van der Waals surface area contributed by atoms with Gasteiger partial charge in [-0.3, -0.25) is 14.9 Å². The molecule has 1 N–H and O–H groups in total. The number of benzene rings is 2. The molecule has 0 saturated heterocycles. The van der Waals surface area contributed by atoms with Crippen LogP contribution in [0.1, 0.15) is 15.9 Å². The van der Waals surface area contributed by atoms with Crippen LogP contribution >= 0.6 is 11.6 Å². The largest absolute Gasteiger partial charge is 0.341 e. The van der Waals surface area contributed by atoms with Crippen molar-refractivity contribution in [1.82, 2.24) is 5.32 Å². The fraction of sp³-hybridized carbons (Fsp3) is 0.0625. The van der Waals surface area contributed by atoms with E-state index in [2.05, 4.69) is 17.2 Å². The first kappa shape index (κ1) is 16.5. The van der Waals surface area contributed by atoms with Crippen molar-refractivity contribution < 1.29 is 14.1 Å². The molecular formula is C16H10ClFN2O3. The van der Waals surface area contributed by atoms with Gasteiger partial charge in [0.1, 0.15) is 10.8 Å². The molecule has 2 aromatic carbocycles. The van der Waals surface area contributed by atoms with E-state index in [4.69, 9.17) is 11.6 Å². The number of rotatable bonds is 3. The van der Waals surface area contributed by atoms with E-state index < -0.39 is 10.8 Å². The Kier molecular flexibility index (Phi) is 5.28. The molecule has 0 heterocycles. The summed E-state index contributed by atoms with van der Waals surface area (Å²) < 4.78 is 12.7. The lowest BCUT2D eigenvalue weighted by molar-refractivity contribution is -0.384. The fourth-order valence-electron chi connectivity index (χ4n) is 1.70. The zero-order valence-electron chi connectivity index (χ0n) is 11.7. The van der Waals surface area contributed by atoms with Crippen LogP contribution in [-0.4, -0.2) is 17.4 Å². The van der Waals surface area contributed by atoms with Crippen LogP contribution in [0.15, 0.2) is 42.5 Å². The Balaban J connectivity index is 1.99. The number of carbonyl (C=O) groups excluding carboxylic acids is 1. The van der Waals surface area contributed by atoms with E-state index in [1.165, 1.54) is 36.4 Å². The monoisotopic (exact) mass is 332 g/mol. The minimum Gasteiger partial charge on any atom is -0.341 e. The van der Waals surface area contributed by atoms with E-state index in [1.807, 2.05) is 0 Å². The van der Waals surface area contributed by atoms with Crippen LogP contribution in [0, 0.1) is 27.8 Å². The number of nitro groups is 1. The van der Waals surface area contributed by atoms with Crippen LogP contribution in [0.3, 0.4) is 0 Å². The van der Waals surface area contributed by atoms with Crippen molar-refractivity contribution in [3.8, 4) is 11.8 Å². The van der Waals surface area contributed by atoms with Crippen LogP contribution in [0.25, 0.3) is 0 Å². The smallest absolute Gasteiger partial charge is 0.288 e. The lowest BCUT2D eigenvalue weighted by Crippen LogP contribution is -2.23. The second-order valence-electron chi connectivity index (χ2n) is 4.41. The highest BCUT2D eigenvalue weighted by Gasteiger charge is 2.15. The molecule has 0 atom stereocenters. The standard InChI is InChI=1S/C16H10ClFN2O3/c17-14-8-5-12(10-15(14)20(22)23)16(21)19-9-1-2-11-3-6-13(18)7-4-11/h3-8,10H,9H2,(H,19,21). The molecule has 0 fully saturated rings. The minimum absolute atomic E-state index is 0.0392. The molecule has 0 aliphatic heterocycles. The number of nitrogens with zero attached hydrogens (tertiary/aromatic N) is 1. The molecule has 2 rings (SSSR count). The first-order chi connectivity index (χ1) is 11.0. The third kappa shape index (κ3) is 4.53. The first-order valence-electron chi connectivity index (χ1n) is 6.44. The van der Waals surface area contributed by atoms with E-state index in [-0.39, 0.29) is 28.6 Å².